The van der Waals surface area contributed by atoms with Crippen molar-refractivity contribution in [2.24, 2.45) is 5.92 Å². The zero-order valence-corrected chi connectivity index (χ0v) is 16.0. The Labute approximate surface area is 165 Å². The zero-order valence-electron chi connectivity index (χ0n) is 16.0. The number of carbonyl (C=O) groups excluding carboxylic acids is 2. The Balaban J connectivity index is 1.68. The van der Waals surface area contributed by atoms with Gasteiger partial charge in [0.2, 0.25) is 0 Å². The number of esters is 2. The molecule has 28 heavy (non-hydrogen) atoms. The van der Waals surface area contributed by atoms with Crippen LogP contribution in [0.2, 0.25) is 0 Å². The molecule has 6 heteroatoms. The Hall–Kier alpha value is -3.02. The highest BCUT2D eigenvalue weighted by Gasteiger charge is 2.28. The molecule has 0 N–H and O–H groups in total. The number of carbonyl (C=O) groups is 2. The summed E-state index contributed by atoms with van der Waals surface area (Å²) in [5.74, 6) is -0.721. The lowest BCUT2D eigenvalue weighted by atomic mass is 10.0. The van der Waals surface area contributed by atoms with Crippen molar-refractivity contribution >= 4 is 11.9 Å². The van der Waals surface area contributed by atoms with E-state index in [9.17, 15) is 9.59 Å². The zero-order chi connectivity index (χ0) is 20.0. The average Bonchev–Trinajstić information content (AvgIpc) is 2.73. The maximum absolute atomic E-state index is 12.2. The van der Waals surface area contributed by atoms with Gasteiger partial charge in [-0.3, -0.25) is 9.59 Å². The lowest BCUT2D eigenvalue weighted by Crippen LogP contribution is -2.30. The summed E-state index contributed by atoms with van der Waals surface area (Å²) in [4.78, 5) is 24.5. The third kappa shape index (κ3) is 7.70. The normalized spacial score (nSPS) is 10.4. The standard InChI is InChI=1S/C22H26O6/c1-2-9-20(21(23)27-16-14-25-18-10-5-3-6-11-18)22(24)28-17-15-26-19-12-7-4-8-13-19/h3-8,10-13,20H,2,9,14-17H2,1H3. The number of para-hydroxylation sites is 2. The molecule has 0 aromatic heterocycles. The van der Waals surface area contributed by atoms with Gasteiger partial charge in [0.25, 0.3) is 0 Å². The summed E-state index contributed by atoms with van der Waals surface area (Å²) < 4.78 is 21.3. The van der Waals surface area contributed by atoms with E-state index < -0.39 is 17.9 Å². The van der Waals surface area contributed by atoms with Crippen molar-refractivity contribution < 1.29 is 28.5 Å². The van der Waals surface area contributed by atoms with Crippen molar-refractivity contribution in [1.82, 2.24) is 0 Å². The minimum Gasteiger partial charge on any atom is -0.490 e. The first-order valence-corrected chi connectivity index (χ1v) is 9.39. The van der Waals surface area contributed by atoms with E-state index in [2.05, 4.69) is 0 Å². The molecule has 2 aromatic carbocycles. The van der Waals surface area contributed by atoms with E-state index in [-0.39, 0.29) is 26.4 Å². The lowest BCUT2D eigenvalue weighted by molar-refractivity contribution is -0.163. The Kier molecular flexibility index (Phi) is 9.41. The highest BCUT2D eigenvalue weighted by atomic mass is 16.6. The van der Waals surface area contributed by atoms with Crippen LogP contribution in [0.4, 0.5) is 0 Å². The summed E-state index contributed by atoms with van der Waals surface area (Å²) in [6, 6.07) is 18.5. The van der Waals surface area contributed by atoms with Gasteiger partial charge in [-0.1, -0.05) is 49.7 Å². The number of rotatable bonds is 12. The van der Waals surface area contributed by atoms with Gasteiger partial charge in [-0.05, 0) is 30.7 Å². The molecule has 2 rings (SSSR count). The Morgan fingerprint density at radius 1 is 0.714 bits per heavy atom. The van der Waals surface area contributed by atoms with Gasteiger partial charge in [0.15, 0.2) is 5.92 Å². The van der Waals surface area contributed by atoms with Gasteiger partial charge in [-0.15, -0.1) is 0 Å². The second-order valence-corrected chi connectivity index (χ2v) is 6.00. The number of ether oxygens (including phenoxy) is 4. The molecule has 0 heterocycles. The van der Waals surface area contributed by atoms with E-state index >= 15 is 0 Å². The van der Waals surface area contributed by atoms with Crippen molar-refractivity contribution in [1.29, 1.82) is 0 Å². The Morgan fingerprint density at radius 3 is 1.54 bits per heavy atom. The van der Waals surface area contributed by atoms with Crippen molar-refractivity contribution in [2.75, 3.05) is 26.4 Å². The van der Waals surface area contributed by atoms with Crippen molar-refractivity contribution in [3.8, 4) is 11.5 Å². The minimum absolute atomic E-state index is 0.0678. The van der Waals surface area contributed by atoms with Crippen molar-refractivity contribution in [2.45, 2.75) is 19.8 Å². The summed E-state index contributed by atoms with van der Waals surface area (Å²) >= 11 is 0. The second kappa shape index (κ2) is 12.4. The van der Waals surface area contributed by atoms with E-state index in [0.29, 0.717) is 24.3 Å². The fraction of sp³-hybridized carbons (Fsp3) is 0.364. The van der Waals surface area contributed by atoms with Gasteiger partial charge < -0.3 is 18.9 Å². The summed E-state index contributed by atoms with van der Waals surface area (Å²) in [6.07, 6.45) is 1.03. The maximum atomic E-state index is 12.2. The van der Waals surface area contributed by atoms with Gasteiger partial charge in [-0.25, -0.2) is 0 Å². The van der Waals surface area contributed by atoms with Crippen LogP contribution >= 0.6 is 0 Å². The first-order chi connectivity index (χ1) is 13.7. The van der Waals surface area contributed by atoms with Crippen molar-refractivity contribution in [3.05, 3.63) is 60.7 Å². The molecule has 0 aliphatic rings. The molecule has 6 nitrogen and oxygen atoms in total. The minimum atomic E-state index is -0.932. The molecule has 0 fully saturated rings. The van der Waals surface area contributed by atoms with Crippen LogP contribution in [0.15, 0.2) is 60.7 Å². The van der Waals surface area contributed by atoms with E-state index in [1.54, 1.807) is 0 Å². The molecule has 0 saturated carbocycles. The molecule has 0 aliphatic heterocycles. The third-order valence-corrected chi connectivity index (χ3v) is 3.83. The Bertz CT molecular complexity index is 642. The molecule has 0 bridgehead atoms. The number of hydrogen-bond donors (Lipinski definition) is 0. The van der Waals surface area contributed by atoms with Crippen LogP contribution < -0.4 is 9.47 Å². The molecule has 0 amide bonds. The summed E-state index contributed by atoms with van der Waals surface area (Å²) in [7, 11) is 0. The number of hydrogen-bond acceptors (Lipinski definition) is 6. The van der Waals surface area contributed by atoms with Gasteiger partial charge in [0.05, 0.1) is 0 Å². The van der Waals surface area contributed by atoms with Crippen LogP contribution in [-0.4, -0.2) is 38.4 Å². The van der Waals surface area contributed by atoms with E-state index in [1.807, 2.05) is 67.6 Å². The van der Waals surface area contributed by atoms with Crippen LogP contribution in [0.25, 0.3) is 0 Å². The van der Waals surface area contributed by atoms with E-state index in [1.165, 1.54) is 0 Å². The second-order valence-electron chi connectivity index (χ2n) is 6.00. The smallest absolute Gasteiger partial charge is 0.320 e. The first-order valence-electron chi connectivity index (χ1n) is 9.39. The van der Waals surface area contributed by atoms with Gasteiger partial charge >= 0.3 is 11.9 Å². The molecule has 0 spiro atoms. The van der Waals surface area contributed by atoms with Crippen LogP contribution in [0.3, 0.4) is 0 Å². The van der Waals surface area contributed by atoms with Gasteiger partial charge in [-0.2, -0.15) is 0 Å². The Morgan fingerprint density at radius 2 is 1.14 bits per heavy atom. The summed E-state index contributed by atoms with van der Waals surface area (Å²) in [6.45, 7) is 2.46. The largest absolute Gasteiger partial charge is 0.490 e. The first kappa shape index (κ1) is 21.3. The molecule has 0 radical (unpaired) electrons. The molecule has 0 atom stereocenters. The maximum Gasteiger partial charge on any atom is 0.320 e. The van der Waals surface area contributed by atoms with Crippen LogP contribution in [0.5, 0.6) is 11.5 Å². The molecule has 2 aromatic rings. The fourth-order valence-corrected chi connectivity index (χ4v) is 2.46. The van der Waals surface area contributed by atoms with E-state index in [0.717, 1.165) is 0 Å². The van der Waals surface area contributed by atoms with E-state index in [4.69, 9.17) is 18.9 Å². The molecular weight excluding hydrogens is 360 g/mol. The molecule has 150 valence electrons. The third-order valence-electron chi connectivity index (χ3n) is 3.83. The highest BCUT2D eigenvalue weighted by molar-refractivity contribution is 5.94. The monoisotopic (exact) mass is 386 g/mol. The van der Waals surface area contributed by atoms with Gasteiger partial charge in [0.1, 0.15) is 37.9 Å². The molecular formula is C22H26O6. The summed E-state index contributed by atoms with van der Waals surface area (Å²) in [5, 5.41) is 0. The topological polar surface area (TPSA) is 71.1 Å². The quantitative estimate of drug-likeness (QED) is 0.315. The molecule has 0 unspecified atom stereocenters. The molecule has 0 aliphatic carbocycles. The predicted octanol–water partition coefficient (Wildman–Crippen LogP) is 3.65. The predicted molar refractivity (Wildman–Crippen MR) is 104 cm³/mol. The SMILES string of the molecule is CCCC(C(=O)OCCOc1ccccc1)C(=O)OCCOc1ccccc1. The van der Waals surface area contributed by atoms with Gasteiger partial charge in [0, 0.05) is 0 Å². The fourth-order valence-electron chi connectivity index (χ4n) is 2.46. The van der Waals surface area contributed by atoms with Crippen LogP contribution in [0.1, 0.15) is 19.8 Å². The number of benzene rings is 2. The summed E-state index contributed by atoms with van der Waals surface area (Å²) in [5.41, 5.74) is 0. The highest BCUT2D eigenvalue weighted by Crippen LogP contribution is 2.13. The molecule has 0 saturated heterocycles. The van der Waals surface area contributed by atoms with Crippen LogP contribution in [0, 0.1) is 5.92 Å². The van der Waals surface area contributed by atoms with Crippen LogP contribution in [-0.2, 0) is 19.1 Å². The van der Waals surface area contributed by atoms with Crippen molar-refractivity contribution in [3.63, 3.8) is 0 Å². The lowest BCUT2D eigenvalue weighted by Gasteiger charge is -2.15. The average molecular weight is 386 g/mol.